The van der Waals surface area contributed by atoms with Gasteiger partial charge in [-0.1, -0.05) is 60.2 Å². The van der Waals surface area contributed by atoms with Gasteiger partial charge < -0.3 is 5.11 Å². The topological polar surface area (TPSA) is 38.0 Å². The van der Waals surface area contributed by atoms with Gasteiger partial charge in [0.2, 0.25) is 5.88 Å². The third-order valence-electron chi connectivity index (χ3n) is 3.40. The third kappa shape index (κ3) is 2.07. The Hall–Kier alpha value is -2.55. The van der Waals surface area contributed by atoms with Gasteiger partial charge in [-0.05, 0) is 12.5 Å². The Bertz CT molecular complexity index is 728. The van der Waals surface area contributed by atoms with Gasteiger partial charge in [-0.15, -0.1) is 0 Å². The van der Waals surface area contributed by atoms with Gasteiger partial charge in [-0.2, -0.15) is 5.10 Å². The highest BCUT2D eigenvalue weighted by Crippen LogP contribution is 2.37. The Morgan fingerprint density at radius 3 is 2.20 bits per heavy atom. The number of hydrogen-bond donors (Lipinski definition) is 1. The van der Waals surface area contributed by atoms with Crippen molar-refractivity contribution < 1.29 is 5.11 Å². The summed E-state index contributed by atoms with van der Waals surface area (Å²) >= 11 is 0. The van der Waals surface area contributed by atoms with Crippen LogP contribution in [-0.2, 0) is 7.05 Å². The Labute approximate surface area is 118 Å². The summed E-state index contributed by atoms with van der Waals surface area (Å²) in [6, 6.07) is 18.0. The molecule has 0 atom stereocenters. The van der Waals surface area contributed by atoms with Crippen LogP contribution in [0.15, 0.2) is 54.6 Å². The van der Waals surface area contributed by atoms with Crippen molar-refractivity contribution in [2.24, 2.45) is 7.05 Å². The first kappa shape index (κ1) is 12.5. The van der Waals surface area contributed by atoms with Gasteiger partial charge in [0, 0.05) is 12.6 Å². The smallest absolute Gasteiger partial charge is 0.217 e. The van der Waals surface area contributed by atoms with Crippen LogP contribution in [0.5, 0.6) is 5.88 Å². The van der Waals surface area contributed by atoms with E-state index in [0.717, 1.165) is 22.4 Å². The number of benzene rings is 2. The molecule has 0 aliphatic rings. The van der Waals surface area contributed by atoms with Crippen LogP contribution in [0, 0.1) is 6.92 Å². The van der Waals surface area contributed by atoms with Gasteiger partial charge >= 0.3 is 0 Å². The second kappa shape index (κ2) is 4.85. The minimum Gasteiger partial charge on any atom is -0.493 e. The molecular weight excluding hydrogens is 248 g/mol. The predicted molar refractivity (Wildman–Crippen MR) is 80.5 cm³/mol. The van der Waals surface area contributed by atoms with E-state index in [-0.39, 0.29) is 5.88 Å². The maximum atomic E-state index is 10.3. The average molecular weight is 264 g/mol. The Morgan fingerprint density at radius 2 is 1.55 bits per heavy atom. The van der Waals surface area contributed by atoms with Crippen LogP contribution in [0.3, 0.4) is 0 Å². The number of hydrogen-bond acceptors (Lipinski definition) is 2. The molecule has 3 aromatic rings. The monoisotopic (exact) mass is 264 g/mol. The van der Waals surface area contributed by atoms with Crippen molar-refractivity contribution in [1.82, 2.24) is 9.78 Å². The molecule has 0 saturated carbocycles. The number of aromatic hydroxyl groups is 1. The SMILES string of the molecule is Cc1ccc(-c2nn(C)c(O)c2-c2ccccc2)cc1. The molecule has 0 amide bonds. The summed E-state index contributed by atoms with van der Waals surface area (Å²) in [6.07, 6.45) is 0. The van der Waals surface area contributed by atoms with Crippen LogP contribution in [0.2, 0.25) is 0 Å². The largest absolute Gasteiger partial charge is 0.493 e. The van der Waals surface area contributed by atoms with Crippen LogP contribution < -0.4 is 0 Å². The van der Waals surface area contributed by atoms with E-state index < -0.39 is 0 Å². The second-order valence-corrected chi connectivity index (χ2v) is 4.90. The molecule has 1 heterocycles. The Kier molecular flexibility index (Phi) is 3.03. The number of aryl methyl sites for hydroxylation is 2. The highest BCUT2D eigenvalue weighted by atomic mass is 16.3. The lowest BCUT2D eigenvalue weighted by Gasteiger charge is -2.04. The lowest BCUT2D eigenvalue weighted by atomic mass is 10.0. The predicted octanol–water partition coefficient (Wildman–Crippen LogP) is 3.77. The maximum absolute atomic E-state index is 10.3. The molecule has 0 aliphatic carbocycles. The van der Waals surface area contributed by atoms with Crippen molar-refractivity contribution >= 4 is 0 Å². The lowest BCUT2D eigenvalue weighted by molar-refractivity contribution is 0.421. The van der Waals surface area contributed by atoms with Crippen LogP contribution in [0.1, 0.15) is 5.56 Å². The molecular formula is C17H16N2O. The highest BCUT2D eigenvalue weighted by molar-refractivity contribution is 5.84. The van der Waals surface area contributed by atoms with E-state index in [9.17, 15) is 5.11 Å². The highest BCUT2D eigenvalue weighted by Gasteiger charge is 2.18. The molecule has 100 valence electrons. The molecule has 20 heavy (non-hydrogen) atoms. The first-order valence-corrected chi connectivity index (χ1v) is 6.55. The minimum atomic E-state index is 0.187. The van der Waals surface area contributed by atoms with Crippen molar-refractivity contribution in [3.63, 3.8) is 0 Å². The zero-order chi connectivity index (χ0) is 14.1. The Balaban J connectivity index is 2.22. The zero-order valence-corrected chi connectivity index (χ0v) is 11.5. The molecule has 0 bridgehead atoms. The number of nitrogens with zero attached hydrogens (tertiary/aromatic N) is 2. The molecule has 3 rings (SSSR count). The summed E-state index contributed by atoms with van der Waals surface area (Å²) in [5.41, 5.74) is 4.75. The van der Waals surface area contributed by atoms with E-state index in [0.29, 0.717) is 0 Å². The maximum Gasteiger partial charge on any atom is 0.217 e. The van der Waals surface area contributed by atoms with Crippen molar-refractivity contribution in [3.05, 3.63) is 60.2 Å². The summed E-state index contributed by atoms with van der Waals surface area (Å²) in [5, 5.41) is 14.7. The summed E-state index contributed by atoms with van der Waals surface area (Å²) in [4.78, 5) is 0. The average Bonchev–Trinajstić information content (AvgIpc) is 2.77. The van der Waals surface area contributed by atoms with Gasteiger partial charge in [-0.3, -0.25) is 0 Å². The number of aromatic nitrogens is 2. The molecule has 1 aromatic heterocycles. The minimum absolute atomic E-state index is 0.187. The fourth-order valence-electron chi connectivity index (χ4n) is 2.30. The van der Waals surface area contributed by atoms with Gasteiger partial charge in [0.1, 0.15) is 5.69 Å². The van der Waals surface area contributed by atoms with Crippen molar-refractivity contribution in [3.8, 4) is 28.3 Å². The fraction of sp³-hybridized carbons (Fsp3) is 0.118. The quantitative estimate of drug-likeness (QED) is 0.765. The van der Waals surface area contributed by atoms with Crippen LogP contribution in [0.25, 0.3) is 22.4 Å². The lowest BCUT2D eigenvalue weighted by Crippen LogP contribution is -1.89. The van der Waals surface area contributed by atoms with E-state index >= 15 is 0 Å². The molecule has 1 N–H and O–H groups in total. The van der Waals surface area contributed by atoms with Gasteiger partial charge in [0.25, 0.3) is 0 Å². The molecule has 0 aliphatic heterocycles. The summed E-state index contributed by atoms with van der Waals surface area (Å²) < 4.78 is 1.51. The summed E-state index contributed by atoms with van der Waals surface area (Å²) in [7, 11) is 1.75. The van der Waals surface area contributed by atoms with Crippen molar-refractivity contribution in [2.45, 2.75) is 6.92 Å². The standard InChI is InChI=1S/C17H16N2O/c1-12-8-10-14(11-9-12)16-15(17(20)19(2)18-16)13-6-4-3-5-7-13/h3-11,20H,1-2H3. The second-order valence-electron chi connectivity index (χ2n) is 4.90. The van der Waals surface area contributed by atoms with Gasteiger partial charge in [-0.25, -0.2) is 4.68 Å². The van der Waals surface area contributed by atoms with E-state index in [1.165, 1.54) is 10.2 Å². The van der Waals surface area contributed by atoms with E-state index in [4.69, 9.17) is 0 Å². The molecule has 0 radical (unpaired) electrons. The van der Waals surface area contributed by atoms with Crippen LogP contribution in [0.4, 0.5) is 0 Å². The molecule has 0 spiro atoms. The number of rotatable bonds is 2. The van der Waals surface area contributed by atoms with Crippen molar-refractivity contribution in [2.75, 3.05) is 0 Å². The first-order chi connectivity index (χ1) is 9.66. The molecule has 0 saturated heterocycles. The van der Waals surface area contributed by atoms with Gasteiger partial charge in [0.15, 0.2) is 0 Å². The summed E-state index contributed by atoms with van der Waals surface area (Å²) in [5.74, 6) is 0.187. The molecule has 0 unspecified atom stereocenters. The molecule has 0 fully saturated rings. The van der Waals surface area contributed by atoms with Crippen molar-refractivity contribution in [1.29, 1.82) is 0 Å². The zero-order valence-electron chi connectivity index (χ0n) is 11.5. The van der Waals surface area contributed by atoms with Crippen LogP contribution in [-0.4, -0.2) is 14.9 Å². The molecule has 3 nitrogen and oxygen atoms in total. The molecule has 3 heteroatoms. The van der Waals surface area contributed by atoms with E-state index in [2.05, 4.69) is 24.2 Å². The summed E-state index contributed by atoms with van der Waals surface area (Å²) in [6.45, 7) is 2.05. The normalized spacial score (nSPS) is 10.7. The fourth-order valence-corrected chi connectivity index (χ4v) is 2.30. The van der Waals surface area contributed by atoms with E-state index in [1.807, 2.05) is 42.5 Å². The first-order valence-electron chi connectivity index (χ1n) is 6.55. The van der Waals surface area contributed by atoms with Crippen LogP contribution >= 0.6 is 0 Å². The Morgan fingerprint density at radius 1 is 0.900 bits per heavy atom. The third-order valence-corrected chi connectivity index (χ3v) is 3.40. The van der Waals surface area contributed by atoms with E-state index in [1.54, 1.807) is 7.05 Å². The molecule has 2 aromatic carbocycles. The van der Waals surface area contributed by atoms with Gasteiger partial charge in [0.05, 0.1) is 5.56 Å².